The van der Waals surface area contributed by atoms with Crippen LogP contribution in [-0.4, -0.2) is 9.38 Å². The van der Waals surface area contributed by atoms with Crippen LogP contribution in [0.1, 0.15) is 9.68 Å². The van der Waals surface area contributed by atoms with Gasteiger partial charge in [-0.3, -0.25) is 4.40 Å². The van der Waals surface area contributed by atoms with Crippen molar-refractivity contribution in [3.05, 3.63) is 218 Å². The van der Waals surface area contributed by atoms with Crippen molar-refractivity contribution in [3.8, 4) is 77.9 Å². The summed E-state index contributed by atoms with van der Waals surface area (Å²) in [6, 6.07) is 74.1. The molecule has 3 heteroatoms. The largest absolute Gasteiger partial charge is 0.283 e. The summed E-state index contributed by atoms with van der Waals surface area (Å²) in [4.78, 5) is 5.78. The summed E-state index contributed by atoms with van der Waals surface area (Å²) in [5, 5.41) is 0. The summed E-state index contributed by atoms with van der Waals surface area (Å²) in [5.41, 5.74) is 18.1. The van der Waals surface area contributed by atoms with Gasteiger partial charge in [-0.25, -0.2) is 4.98 Å². The highest BCUT2D eigenvalue weighted by Gasteiger charge is 2.29. The van der Waals surface area contributed by atoms with Crippen LogP contribution < -0.4 is 0 Å². The molecular formula is C56H38N2S. The minimum Gasteiger partial charge on any atom is -0.283 e. The van der Waals surface area contributed by atoms with Crippen LogP contribution >= 0.6 is 11.3 Å². The highest BCUT2D eigenvalue weighted by atomic mass is 32.1. The minimum absolute atomic E-state index is 0.325. The van der Waals surface area contributed by atoms with E-state index in [1.807, 2.05) is 24.3 Å². The number of aryl methyl sites for hydroxylation is 1. The molecule has 11 rings (SSSR count). The zero-order valence-electron chi connectivity index (χ0n) is 35.0. The monoisotopic (exact) mass is 773 g/mol. The third-order valence-electron chi connectivity index (χ3n) is 11.4. The zero-order chi connectivity index (χ0) is 41.8. The molecule has 59 heavy (non-hydrogen) atoms. The second-order valence-electron chi connectivity index (χ2n) is 14.8. The number of benzene rings is 9. The lowest BCUT2D eigenvalue weighted by Crippen LogP contribution is -2.02. The van der Waals surface area contributed by atoms with Gasteiger partial charge < -0.3 is 0 Å². The lowest BCUT2D eigenvalue weighted by molar-refractivity contribution is 1.34. The maximum Gasteiger partial charge on any atom is 0.195 e. The standard InChI is InChI=1S/C56H38N2S/c1-37-31-36-47-55(59-56-57-45-29-17-18-30-46(45)58(47)56)48(37)43-32-34-44(35-33-43)54-52(41-25-13-5-14-26-41)50(39-21-9-3-10-22-39)49(38-19-7-2-8-20-38)51(40-23-11-4-12-24-40)53(54)42-27-15-6-16-28-42/h2-36H,1H3/i1D3. The van der Waals surface area contributed by atoms with E-state index in [1.54, 1.807) is 6.07 Å². The highest BCUT2D eigenvalue weighted by Crippen LogP contribution is 2.56. The van der Waals surface area contributed by atoms with Gasteiger partial charge in [0.15, 0.2) is 4.96 Å². The number of aromatic nitrogens is 2. The van der Waals surface area contributed by atoms with E-state index in [0.717, 1.165) is 104 Å². The van der Waals surface area contributed by atoms with Gasteiger partial charge in [0.05, 0.1) is 21.3 Å². The predicted octanol–water partition coefficient (Wildman–Crippen LogP) is 15.7. The van der Waals surface area contributed by atoms with Crippen LogP contribution in [-0.2, 0) is 0 Å². The fourth-order valence-corrected chi connectivity index (χ4v) is 10.1. The molecule has 0 saturated heterocycles. The van der Waals surface area contributed by atoms with Gasteiger partial charge in [-0.15, -0.1) is 0 Å². The maximum atomic E-state index is 8.71. The van der Waals surface area contributed by atoms with Crippen molar-refractivity contribution in [2.45, 2.75) is 6.85 Å². The van der Waals surface area contributed by atoms with Crippen molar-refractivity contribution in [2.75, 3.05) is 0 Å². The fourth-order valence-electron chi connectivity index (χ4n) is 8.84. The van der Waals surface area contributed by atoms with Crippen LogP contribution in [0.25, 0.3) is 104 Å². The van der Waals surface area contributed by atoms with Gasteiger partial charge >= 0.3 is 0 Å². The summed E-state index contributed by atoms with van der Waals surface area (Å²) in [5.74, 6) is 0. The van der Waals surface area contributed by atoms with E-state index in [0.29, 0.717) is 5.56 Å². The third-order valence-corrected chi connectivity index (χ3v) is 12.4. The molecule has 0 bridgehead atoms. The molecule has 0 radical (unpaired) electrons. The number of hydrogen-bond donors (Lipinski definition) is 0. The molecule has 0 aliphatic carbocycles. The van der Waals surface area contributed by atoms with Crippen LogP contribution in [0.2, 0.25) is 0 Å². The second kappa shape index (κ2) is 14.6. The van der Waals surface area contributed by atoms with Gasteiger partial charge in [-0.2, -0.15) is 0 Å². The molecule has 278 valence electrons. The molecule has 0 fully saturated rings. The molecule has 0 spiro atoms. The zero-order valence-corrected chi connectivity index (χ0v) is 32.8. The molecule has 0 aliphatic heterocycles. The molecule has 0 aliphatic rings. The van der Waals surface area contributed by atoms with Gasteiger partial charge in [0.2, 0.25) is 0 Å². The van der Waals surface area contributed by atoms with Crippen LogP contribution in [0.4, 0.5) is 0 Å². The second-order valence-corrected chi connectivity index (χ2v) is 15.8. The van der Waals surface area contributed by atoms with Gasteiger partial charge in [-0.05, 0) is 103 Å². The molecule has 0 amide bonds. The smallest absolute Gasteiger partial charge is 0.195 e. The molecule has 11 aromatic rings. The summed E-state index contributed by atoms with van der Waals surface area (Å²) < 4.78 is 29.2. The first kappa shape index (κ1) is 31.7. The molecule has 2 aromatic heterocycles. The average Bonchev–Trinajstić information content (AvgIpc) is 3.88. The van der Waals surface area contributed by atoms with Crippen molar-refractivity contribution in [1.29, 1.82) is 0 Å². The van der Waals surface area contributed by atoms with E-state index >= 15 is 0 Å². The number of hydrogen-bond acceptors (Lipinski definition) is 2. The van der Waals surface area contributed by atoms with Crippen molar-refractivity contribution in [1.82, 2.24) is 9.38 Å². The number of imidazole rings is 1. The number of nitrogens with zero attached hydrogens (tertiary/aromatic N) is 2. The van der Waals surface area contributed by atoms with Crippen molar-refractivity contribution in [2.24, 2.45) is 0 Å². The van der Waals surface area contributed by atoms with E-state index in [4.69, 9.17) is 9.10 Å². The normalized spacial score (nSPS) is 12.4. The van der Waals surface area contributed by atoms with Crippen LogP contribution in [0.3, 0.4) is 0 Å². The van der Waals surface area contributed by atoms with Gasteiger partial charge in [0, 0.05) is 9.68 Å². The predicted molar refractivity (Wildman–Crippen MR) is 251 cm³/mol. The van der Waals surface area contributed by atoms with E-state index in [2.05, 4.69) is 186 Å². The van der Waals surface area contributed by atoms with Crippen molar-refractivity contribution in [3.63, 3.8) is 0 Å². The van der Waals surface area contributed by atoms with E-state index in [-0.39, 0.29) is 0 Å². The summed E-state index contributed by atoms with van der Waals surface area (Å²) in [6.45, 7) is -2.33. The number of thiazole rings is 1. The quantitative estimate of drug-likeness (QED) is 0.158. The SMILES string of the molecule is [2H]C([2H])([2H])c1ccc2c(sc3nc4ccccc4n32)c1-c1ccc(-c2c(-c3ccccc3)c(-c3ccccc3)c(-c3ccccc3)c(-c3ccccc3)c2-c2ccccc2)cc1. The Kier molecular flexibility index (Phi) is 7.83. The molecule has 9 aromatic carbocycles. The number of rotatable bonds is 7. The lowest BCUT2D eigenvalue weighted by Gasteiger charge is -2.29. The first-order chi connectivity index (χ1) is 30.4. The first-order valence-electron chi connectivity index (χ1n) is 21.4. The highest BCUT2D eigenvalue weighted by molar-refractivity contribution is 7.24. The Bertz CT molecular complexity index is 3290. The topological polar surface area (TPSA) is 17.3 Å². The summed E-state index contributed by atoms with van der Waals surface area (Å²) in [6.07, 6.45) is 0. The lowest BCUT2D eigenvalue weighted by atomic mass is 9.74. The van der Waals surface area contributed by atoms with Crippen LogP contribution in [0, 0.1) is 6.85 Å². The number of para-hydroxylation sites is 2. The van der Waals surface area contributed by atoms with E-state index in [9.17, 15) is 0 Å². The Hall–Kier alpha value is -7.33. The molecule has 0 N–H and O–H groups in total. The van der Waals surface area contributed by atoms with Crippen molar-refractivity contribution >= 4 is 37.5 Å². The van der Waals surface area contributed by atoms with Gasteiger partial charge in [0.25, 0.3) is 0 Å². The van der Waals surface area contributed by atoms with Crippen molar-refractivity contribution < 1.29 is 4.11 Å². The van der Waals surface area contributed by atoms with E-state index < -0.39 is 6.85 Å². The third kappa shape index (κ3) is 5.90. The molecule has 2 nitrogen and oxygen atoms in total. The molecule has 2 heterocycles. The first-order valence-corrected chi connectivity index (χ1v) is 20.7. The molecular weight excluding hydrogens is 733 g/mol. The Morgan fingerprint density at radius 1 is 0.356 bits per heavy atom. The Morgan fingerprint density at radius 2 is 0.712 bits per heavy atom. The fraction of sp³-hybridized carbons (Fsp3) is 0.0179. The minimum atomic E-state index is -2.33. The Balaban J connectivity index is 1.27. The maximum absolute atomic E-state index is 8.71. The summed E-state index contributed by atoms with van der Waals surface area (Å²) in [7, 11) is 0. The average molecular weight is 774 g/mol. The van der Waals surface area contributed by atoms with Crippen LogP contribution in [0.15, 0.2) is 212 Å². The molecule has 0 saturated carbocycles. The summed E-state index contributed by atoms with van der Waals surface area (Å²) >= 11 is 1.54. The van der Waals surface area contributed by atoms with E-state index in [1.165, 1.54) is 11.3 Å². The Morgan fingerprint density at radius 3 is 1.12 bits per heavy atom. The van der Waals surface area contributed by atoms with Gasteiger partial charge in [-0.1, -0.05) is 205 Å². The Labute approximate surface area is 352 Å². The van der Waals surface area contributed by atoms with Crippen LogP contribution in [0.5, 0.6) is 0 Å². The molecule has 0 unspecified atom stereocenters. The molecule has 0 atom stereocenters. The number of fused-ring (bicyclic) bond motifs is 5. The van der Waals surface area contributed by atoms with Gasteiger partial charge in [0.1, 0.15) is 0 Å².